The molecule has 1 aromatic rings. The molecule has 9 heteroatoms. The molecule has 0 saturated carbocycles. The van der Waals surface area contributed by atoms with Gasteiger partial charge in [0.15, 0.2) is 11.5 Å². The van der Waals surface area contributed by atoms with Gasteiger partial charge < -0.3 is 24.8 Å². The zero-order chi connectivity index (χ0) is 15.8. The molecule has 0 aliphatic heterocycles. The molecule has 1 amide bonds. The van der Waals surface area contributed by atoms with Crippen molar-refractivity contribution in [2.75, 3.05) is 25.2 Å². The number of rotatable bonds is 8. The molecular formula is C12H19N5O4. The summed E-state index contributed by atoms with van der Waals surface area (Å²) < 4.78 is 6.32. The lowest BCUT2D eigenvalue weighted by Crippen LogP contribution is -2.25. The highest BCUT2D eigenvalue weighted by molar-refractivity contribution is 6.01. The third-order valence-corrected chi connectivity index (χ3v) is 2.44. The SMILES string of the molecule is CCON=C(N)c1ncn(CC(=O)OCC)c1N(C)C=O. The number of carbonyl (C=O) groups excluding carboxylic acids is 2. The monoisotopic (exact) mass is 297 g/mol. The second-order valence-electron chi connectivity index (χ2n) is 3.96. The summed E-state index contributed by atoms with van der Waals surface area (Å²) in [5.74, 6) is -0.0931. The largest absolute Gasteiger partial charge is 0.465 e. The van der Waals surface area contributed by atoms with Crippen molar-refractivity contribution in [1.29, 1.82) is 0 Å². The van der Waals surface area contributed by atoms with Crippen LogP contribution in [0.5, 0.6) is 0 Å². The second kappa shape index (κ2) is 7.88. The van der Waals surface area contributed by atoms with Gasteiger partial charge in [0.05, 0.1) is 12.9 Å². The van der Waals surface area contributed by atoms with Crippen LogP contribution in [0.3, 0.4) is 0 Å². The van der Waals surface area contributed by atoms with Crippen LogP contribution in [0.25, 0.3) is 0 Å². The lowest BCUT2D eigenvalue weighted by atomic mass is 10.4. The first-order chi connectivity index (χ1) is 10.0. The number of amides is 1. The van der Waals surface area contributed by atoms with Crippen LogP contribution in [0.4, 0.5) is 5.82 Å². The Morgan fingerprint density at radius 3 is 2.81 bits per heavy atom. The van der Waals surface area contributed by atoms with Gasteiger partial charge in [0.1, 0.15) is 19.0 Å². The van der Waals surface area contributed by atoms with Gasteiger partial charge in [-0.15, -0.1) is 0 Å². The van der Waals surface area contributed by atoms with Crippen LogP contribution in [-0.4, -0.2) is 48.0 Å². The summed E-state index contributed by atoms with van der Waals surface area (Å²) in [6, 6.07) is 0. The number of esters is 1. The molecule has 0 aliphatic carbocycles. The van der Waals surface area contributed by atoms with Gasteiger partial charge in [-0.05, 0) is 13.8 Å². The minimum Gasteiger partial charge on any atom is -0.465 e. The quantitative estimate of drug-likeness (QED) is 0.232. The predicted molar refractivity (Wildman–Crippen MR) is 75.7 cm³/mol. The molecule has 0 atom stereocenters. The maximum absolute atomic E-state index is 11.6. The highest BCUT2D eigenvalue weighted by Crippen LogP contribution is 2.18. The van der Waals surface area contributed by atoms with E-state index in [2.05, 4.69) is 10.1 Å². The van der Waals surface area contributed by atoms with Crippen molar-refractivity contribution in [2.24, 2.45) is 10.9 Å². The normalized spacial score (nSPS) is 11.1. The number of amidine groups is 1. The number of carbonyl (C=O) groups is 2. The maximum atomic E-state index is 11.6. The average molecular weight is 297 g/mol. The Bertz CT molecular complexity index is 526. The van der Waals surface area contributed by atoms with Crippen molar-refractivity contribution in [3.8, 4) is 0 Å². The minimum absolute atomic E-state index is 0.0168. The fraction of sp³-hybridized carbons (Fsp3) is 0.500. The Morgan fingerprint density at radius 1 is 1.52 bits per heavy atom. The number of imidazole rings is 1. The minimum atomic E-state index is -0.442. The molecule has 0 unspecified atom stereocenters. The highest BCUT2D eigenvalue weighted by Gasteiger charge is 2.20. The van der Waals surface area contributed by atoms with Gasteiger partial charge in [0.2, 0.25) is 6.41 Å². The molecule has 1 heterocycles. The number of oxime groups is 1. The molecule has 0 aliphatic rings. The molecule has 0 saturated heterocycles. The molecule has 0 aromatic carbocycles. The van der Waals surface area contributed by atoms with E-state index < -0.39 is 5.97 Å². The van der Waals surface area contributed by atoms with Crippen LogP contribution < -0.4 is 10.6 Å². The Hall–Kier alpha value is -2.58. The number of anilines is 1. The van der Waals surface area contributed by atoms with Gasteiger partial charge in [-0.1, -0.05) is 5.16 Å². The fourth-order valence-corrected chi connectivity index (χ4v) is 1.61. The summed E-state index contributed by atoms with van der Waals surface area (Å²) in [5.41, 5.74) is 6.02. The Morgan fingerprint density at radius 2 is 2.24 bits per heavy atom. The third kappa shape index (κ3) is 4.20. The van der Waals surface area contributed by atoms with Crippen LogP contribution in [0.2, 0.25) is 0 Å². The summed E-state index contributed by atoms with van der Waals surface area (Å²) in [6.45, 7) is 4.00. The van der Waals surface area contributed by atoms with E-state index in [1.165, 1.54) is 22.8 Å². The highest BCUT2D eigenvalue weighted by atomic mass is 16.6. The molecule has 21 heavy (non-hydrogen) atoms. The number of ether oxygens (including phenoxy) is 1. The van der Waals surface area contributed by atoms with Crippen molar-refractivity contribution in [3.05, 3.63) is 12.0 Å². The average Bonchev–Trinajstić information content (AvgIpc) is 2.87. The predicted octanol–water partition coefficient (Wildman–Crippen LogP) is -0.304. The van der Waals surface area contributed by atoms with Crippen LogP contribution in [0.1, 0.15) is 19.5 Å². The van der Waals surface area contributed by atoms with E-state index in [1.54, 1.807) is 13.8 Å². The molecule has 0 radical (unpaired) electrons. The van der Waals surface area contributed by atoms with Crippen molar-refractivity contribution in [2.45, 2.75) is 20.4 Å². The van der Waals surface area contributed by atoms with E-state index >= 15 is 0 Å². The summed E-state index contributed by atoms with van der Waals surface area (Å²) in [6.07, 6.45) is 1.96. The standard InChI is InChI=1S/C12H19N5O4/c1-4-20-9(19)6-17-7-14-10(11(13)15-21-5-2)12(17)16(3)8-18/h7-8H,4-6H2,1-3H3,(H2,13,15). The number of nitrogens with two attached hydrogens (primary N) is 1. The maximum Gasteiger partial charge on any atom is 0.326 e. The molecule has 0 fully saturated rings. The summed E-state index contributed by atoms with van der Waals surface area (Å²) >= 11 is 0. The van der Waals surface area contributed by atoms with Gasteiger partial charge in [0.25, 0.3) is 0 Å². The van der Waals surface area contributed by atoms with E-state index in [1.807, 2.05) is 0 Å². The zero-order valence-corrected chi connectivity index (χ0v) is 12.3. The lowest BCUT2D eigenvalue weighted by Gasteiger charge is -2.15. The number of nitrogens with zero attached hydrogens (tertiary/aromatic N) is 4. The van der Waals surface area contributed by atoms with Gasteiger partial charge >= 0.3 is 5.97 Å². The molecule has 0 bridgehead atoms. The summed E-state index contributed by atoms with van der Waals surface area (Å²) in [4.78, 5) is 32.8. The first-order valence-electron chi connectivity index (χ1n) is 6.39. The molecule has 1 rings (SSSR count). The smallest absolute Gasteiger partial charge is 0.326 e. The van der Waals surface area contributed by atoms with E-state index in [9.17, 15) is 9.59 Å². The fourth-order valence-electron chi connectivity index (χ4n) is 1.61. The number of hydrogen-bond acceptors (Lipinski definition) is 6. The first kappa shape index (κ1) is 16.5. The van der Waals surface area contributed by atoms with E-state index in [0.717, 1.165) is 0 Å². The molecular weight excluding hydrogens is 278 g/mol. The van der Waals surface area contributed by atoms with Crippen LogP contribution in [0, 0.1) is 0 Å². The van der Waals surface area contributed by atoms with Crippen molar-refractivity contribution in [3.63, 3.8) is 0 Å². The Balaban J connectivity index is 3.13. The van der Waals surface area contributed by atoms with E-state index in [0.29, 0.717) is 18.8 Å². The molecule has 116 valence electrons. The van der Waals surface area contributed by atoms with Gasteiger partial charge in [-0.25, -0.2) is 4.98 Å². The van der Waals surface area contributed by atoms with Gasteiger partial charge in [-0.3, -0.25) is 9.59 Å². The molecule has 1 aromatic heterocycles. The molecule has 2 N–H and O–H groups in total. The Kier molecular flexibility index (Phi) is 6.18. The van der Waals surface area contributed by atoms with Gasteiger partial charge in [-0.2, -0.15) is 0 Å². The summed E-state index contributed by atoms with van der Waals surface area (Å²) in [5, 5.41) is 3.68. The van der Waals surface area contributed by atoms with E-state index in [4.69, 9.17) is 15.3 Å². The lowest BCUT2D eigenvalue weighted by molar-refractivity contribution is -0.143. The van der Waals surface area contributed by atoms with Crippen molar-refractivity contribution in [1.82, 2.24) is 9.55 Å². The first-order valence-corrected chi connectivity index (χ1v) is 6.39. The van der Waals surface area contributed by atoms with Crippen LogP contribution >= 0.6 is 0 Å². The zero-order valence-electron chi connectivity index (χ0n) is 12.3. The topological polar surface area (TPSA) is 112 Å². The number of aromatic nitrogens is 2. The summed E-state index contributed by atoms with van der Waals surface area (Å²) in [7, 11) is 1.52. The van der Waals surface area contributed by atoms with Crippen LogP contribution in [-0.2, 0) is 25.7 Å². The third-order valence-electron chi connectivity index (χ3n) is 2.44. The molecule has 0 spiro atoms. The van der Waals surface area contributed by atoms with Crippen molar-refractivity contribution >= 4 is 24.0 Å². The second-order valence-corrected chi connectivity index (χ2v) is 3.96. The van der Waals surface area contributed by atoms with Crippen molar-refractivity contribution < 1.29 is 19.2 Å². The van der Waals surface area contributed by atoms with E-state index in [-0.39, 0.29) is 24.7 Å². The van der Waals surface area contributed by atoms with Gasteiger partial charge in [0, 0.05) is 7.05 Å². The molecule has 9 nitrogen and oxygen atoms in total. The van der Waals surface area contributed by atoms with Crippen LogP contribution in [0.15, 0.2) is 11.5 Å². The Labute approximate surface area is 122 Å². The number of hydrogen-bond donors (Lipinski definition) is 1.